The van der Waals surface area contributed by atoms with Crippen molar-refractivity contribution >= 4 is 12.1 Å². The number of aldehydes is 1. The van der Waals surface area contributed by atoms with E-state index in [9.17, 15) is 14.7 Å². The summed E-state index contributed by atoms with van der Waals surface area (Å²) in [6.45, 7) is 10.7. The Hall–Kier alpha value is -1.26. The predicted octanol–water partition coefficient (Wildman–Crippen LogP) is 4.41. The Labute approximate surface area is 174 Å². The summed E-state index contributed by atoms with van der Waals surface area (Å²) in [6, 6.07) is 0. The molecule has 1 saturated heterocycles. The largest absolute Gasteiger partial charge is 0.389 e. The monoisotopic (exact) mass is 400 g/mol. The summed E-state index contributed by atoms with van der Waals surface area (Å²) in [5.74, 6) is 0.117. The van der Waals surface area contributed by atoms with E-state index in [1.165, 1.54) is 5.57 Å². The lowest BCUT2D eigenvalue weighted by Gasteiger charge is -2.45. The molecule has 1 aliphatic heterocycles. The third kappa shape index (κ3) is 3.18. The minimum Gasteiger partial charge on any atom is -0.389 e. The van der Waals surface area contributed by atoms with Crippen LogP contribution in [0, 0.1) is 29.1 Å². The molecule has 0 bridgehead atoms. The van der Waals surface area contributed by atoms with E-state index in [1.807, 2.05) is 6.08 Å². The number of carbonyl (C=O) groups is 2. The van der Waals surface area contributed by atoms with Crippen molar-refractivity contribution in [1.82, 2.24) is 0 Å². The molecule has 3 aliphatic carbocycles. The van der Waals surface area contributed by atoms with Gasteiger partial charge in [0.25, 0.3) is 0 Å². The zero-order valence-corrected chi connectivity index (χ0v) is 18.5. The molecule has 160 valence electrons. The maximum atomic E-state index is 12.7. The van der Waals surface area contributed by atoms with Crippen molar-refractivity contribution in [2.75, 3.05) is 0 Å². The molecule has 0 aromatic carbocycles. The van der Waals surface area contributed by atoms with Gasteiger partial charge in [-0.2, -0.15) is 0 Å². The van der Waals surface area contributed by atoms with Crippen LogP contribution in [-0.4, -0.2) is 34.5 Å². The molecule has 4 rings (SSSR count). The van der Waals surface area contributed by atoms with Gasteiger partial charge in [0.05, 0.1) is 23.2 Å². The second kappa shape index (κ2) is 6.88. The Balaban J connectivity index is 1.74. The van der Waals surface area contributed by atoms with Gasteiger partial charge in [0, 0.05) is 12.3 Å². The van der Waals surface area contributed by atoms with Gasteiger partial charge in [-0.25, -0.2) is 0 Å². The smallest absolute Gasteiger partial charge is 0.146 e. The first-order chi connectivity index (χ1) is 13.5. The molecule has 1 heterocycles. The van der Waals surface area contributed by atoms with E-state index in [0.717, 1.165) is 38.4 Å². The summed E-state index contributed by atoms with van der Waals surface area (Å²) in [4.78, 5) is 24.6. The van der Waals surface area contributed by atoms with Crippen molar-refractivity contribution in [3.8, 4) is 0 Å². The summed E-state index contributed by atoms with van der Waals surface area (Å²) in [5.41, 5.74) is 0.628. The first kappa shape index (κ1) is 21.0. The third-order valence-electron chi connectivity index (χ3n) is 8.68. The Morgan fingerprint density at radius 1 is 1.28 bits per heavy atom. The summed E-state index contributed by atoms with van der Waals surface area (Å²) in [7, 11) is 0. The number of hydrogen-bond donors (Lipinski definition) is 1. The molecular formula is C25H36O4. The number of carbonyl (C=O) groups excluding carboxylic acids is 2. The zero-order chi connectivity index (χ0) is 21.2. The fourth-order valence-corrected chi connectivity index (χ4v) is 7.28. The fraction of sp³-hybridized carbons (Fsp3) is 0.760. The van der Waals surface area contributed by atoms with Crippen molar-refractivity contribution < 1.29 is 19.4 Å². The standard InChI is InChI=1S/C25H36O4/c1-15(2)10-18-11-16(3)25(29-18)9-8-23(4)12-19-22(20(27)13-24(19,5)28)17(14-26)6-7-21(23)25/h6,10,14,16,18-19,21-22,28H,7-9,11-13H2,1-5H3/b17-6-/t16-,18-,19-,21+,22+,23+,24+,25-/m1/s1. The molecule has 4 heteroatoms. The molecule has 3 fully saturated rings. The van der Waals surface area contributed by atoms with Gasteiger partial charge < -0.3 is 9.84 Å². The Morgan fingerprint density at radius 2 is 2.00 bits per heavy atom. The third-order valence-corrected chi connectivity index (χ3v) is 8.68. The number of fused-ring (bicyclic) bond motifs is 3. The maximum absolute atomic E-state index is 12.7. The topological polar surface area (TPSA) is 63.6 Å². The van der Waals surface area contributed by atoms with Crippen molar-refractivity contribution in [3.63, 3.8) is 0 Å². The van der Waals surface area contributed by atoms with Gasteiger partial charge in [-0.05, 0) is 75.7 Å². The van der Waals surface area contributed by atoms with E-state index < -0.39 is 11.5 Å². The number of ketones is 1. The number of allylic oxidation sites excluding steroid dienone is 3. The van der Waals surface area contributed by atoms with Gasteiger partial charge in [-0.3, -0.25) is 9.59 Å². The van der Waals surface area contributed by atoms with E-state index in [-0.39, 0.29) is 35.2 Å². The van der Waals surface area contributed by atoms with Crippen LogP contribution in [0.1, 0.15) is 73.1 Å². The van der Waals surface area contributed by atoms with Crippen LogP contribution in [0.3, 0.4) is 0 Å². The Bertz CT molecular complexity index is 774. The lowest BCUT2D eigenvalue weighted by molar-refractivity contribution is -0.122. The van der Waals surface area contributed by atoms with Gasteiger partial charge in [-0.1, -0.05) is 31.6 Å². The molecule has 4 aliphatic rings. The molecule has 0 radical (unpaired) electrons. The Kier molecular flexibility index (Phi) is 4.98. The van der Waals surface area contributed by atoms with Crippen LogP contribution < -0.4 is 0 Å². The fourth-order valence-electron chi connectivity index (χ4n) is 7.28. The molecule has 0 unspecified atom stereocenters. The van der Waals surface area contributed by atoms with Gasteiger partial charge >= 0.3 is 0 Å². The van der Waals surface area contributed by atoms with Crippen LogP contribution in [0.5, 0.6) is 0 Å². The van der Waals surface area contributed by atoms with Crippen molar-refractivity contribution in [2.24, 2.45) is 29.1 Å². The first-order valence-electron chi connectivity index (χ1n) is 11.3. The minimum absolute atomic E-state index is 0.00341. The van der Waals surface area contributed by atoms with Crippen LogP contribution in [0.25, 0.3) is 0 Å². The normalized spacial score (nSPS) is 51.0. The van der Waals surface area contributed by atoms with Crippen molar-refractivity contribution in [3.05, 3.63) is 23.3 Å². The lowest BCUT2D eigenvalue weighted by atomic mass is 9.62. The summed E-state index contributed by atoms with van der Waals surface area (Å²) < 4.78 is 6.79. The highest BCUT2D eigenvalue weighted by Gasteiger charge is 2.63. The zero-order valence-electron chi connectivity index (χ0n) is 18.5. The summed E-state index contributed by atoms with van der Waals surface area (Å²) in [6.07, 6.45) is 10.0. The van der Waals surface area contributed by atoms with Crippen LogP contribution in [0.15, 0.2) is 23.3 Å². The highest BCUT2D eigenvalue weighted by molar-refractivity contribution is 5.94. The average molecular weight is 401 g/mol. The minimum atomic E-state index is -1.04. The summed E-state index contributed by atoms with van der Waals surface area (Å²) >= 11 is 0. The second-order valence-electron chi connectivity index (χ2n) is 11.0. The van der Waals surface area contributed by atoms with Crippen LogP contribution >= 0.6 is 0 Å². The molecule has 8 atom stereocenters. The summed E-state index contributed by atoms with van der Waals surface area (Å²) in [5, 5.41) is 11.1. The average Bonchev–Trinajstić information content (AvgIpc) is 3.12. The number of rotatable bonds is 2. The van der Waals surface area contributed by atoms with Gasteiger partial charge in [-0.15, -0.1) is 0 Å². The predicted molar refractivity (Wildman–Crippen MR) is 112 cm³/mol. The molecule has 0 aromatic rings. The second-order valence-corrected chi connectivity index (χ2v) is 11.0. The van der Waals surface area contributed by atoms with E-state index in [0.29, 0.717) is 17.4 Å². The molecule has 2 saturated carbocycles. The van der Waals surface area contributed by atoms with Gasteiger partial charge in [0.15, 0.2) is 0 Å². The Morgan fingerprint density at radius 3 is 2.66 bits per heavy atom. The van der Waals surface area contributed by atoms with Crippen LogP contribution in [0.2, 0.25) is 0 Å². The van der Waals surface area contributed by atoms with Crippen LogP contribution in [-0.2, 0) is 14.3 Å². The lowest BCUT2D eigenvalue weighted by Crippen LogP contribution is -2.46. The number of aliphatic hydroxyl groups is 1. The number of Topliss-reactive ketones (excluding diaryl/α,β-unsaturated/α-hetero) is 1. The van der Waals surface area contributed by atoms with Crippen LogP contribution in [0.4, 0.5) is 0 Å². The SMILES string of the molecule is CC(C)=C[C@@H]1C[C@@H](C)[C@@]2(CC[C@@]3(C)C[C@@H]4[C@@H](C(=O)C[C@]4(C)O)/C(C=O)=C\C[C@@H]32)O1. The molecule has 0 amide bonds. The molecule has 1 spiro atoms. The molecule has 29 heavy (non-hydrogen) atoms. The highest BCUT2D eigenvalue weighted by atomic mass is 16.5. The maximum Gasteiger partial charge on any atom is 0.146 e. The quantitative estimate of drug-likeness (QED) is 0.551. The molecule has 4 nitrogen and oxygen atoms in total. The first-order valence-corrected chi connectivity index (χ1v) is 11.3. The number of hydrogen-bond acceptors (Lipinski definition) is 4. The van der Waals surface area contributed by atoms with Crippen molar-refractivity contribution in [1.29, 1.82) is 0 Å². The van der Waals surface area contributed by atoms with E-state index >= 15 is 0 Å². The highest BCUT2D eigenvalue weighted by Crippen LogP contribution is 2.64. The van der Waals surface area contributed by atoms with Gasteiger partial charge in [0.1, 0.15) is 12.1 Å². The van der Waals surface area contributed by atoms with E-state index in [2.05, 4.69) is 33.8 Å². The molecular weight excluding hydrogens is 364 g/mol. The van der Waals surface area contributed by atoms with E-state index in [1.54, 1.807) is 6.92 Å². The van der Waals surface area contributed by atoms with Crippen molar-refractivity contribution in [2.45, 2.75) is 90.4 Å². The molecule has 1 N–H and O–H groups in total. The van der Waals surface area contributed by atoms with Gasteiger partial charge in [0.2, 0.25) is 0 Å². The van der Waals surface area contributed by atoms with E-state index in [4.69, 9.17) is 4.74 Å². The molecule has 0 aromatic heterocycles. The number of ether oxygens (including phenoxy) is 1.